The normalized spacial score (nSPS) is 39.1. The fraction of sp³-hybridized carbons (Fsp3) is 0.926. The van der Waals surface area contributed by atoms with Gasteiger partial charge in [0.05, 0.1) is 12.8 Å². The second kappa shape index (κ2) is 11.9. The zero-order valence-electron chi connectivity index (χ0n) is 19.3. The van der Waals surface area contributed by atoms with Crippen LogP contribution in [0.4, 0.5) is 4.39 Å². The molecule has 0 radical (unpaired) electrons. The maximum Gasteiger partial charge on any atom is 0.0897 e. The van der Waals surface area contributed by atoms with Gasteiger partial charge in [0.15, 0.2) is 0 Å². The van der Waals surface area contributed by atoms with Gasteiger partial charge in [0, 0.05) is 7.11 Å². The molecule has 3 aliphatic carbocycles. The van der Waals surface area contributed by atoms with Crippen molar-refractivity contribution in [3.05, 3.63) is 12.2 Å². The summed E-state index contributed by atoms with van der Waals surface area (Å²) >= 11 is 0. The van der Waals surface area contributed by atoms with Gasteiger partial charge in [-0.25, -0.2) is 0 Å². The molecule has 1 nitrogen and oxygen atoms in total. The van der Waals surface area contributed by atoms with Crippen LogP contribution in [0.25, 0.3) is 0 Å². The number of rotatable bonds is 9. The average Bonchev–Trinajstić information content (AvgIpc) is 2.79. The third-order valence-electron chi connectivity index (χ3n) is 9.30. The van der Waals surface area contributed by atoms with Crippen LogP contribution in [0.2, 0.25) is 0 Å². The van der Waals surface area contributed by atoms with E-state index in [1.165, 1.54) is 89.9 Å². The molecule has 2 heteroatoms. The number of hydrogen-bond donors (Lipinski definition) is 0. The maximum atomic E-state index is 12.2. The Balaban J connectivity index is 1.38. The first-order valence-electron chi connectivity index (χ1n) is 12.9. The smallest absolute Gasteiger partial charge is 0.0897 e. The van der Waals surface area contributed by atoms with E-state index in [2.05, 4.69) is 19.1 Å². The van der Waals surface area contributed by atoms with Gasteiger partial charge in [-0.05, 0) is 125 Å². The Bertz CT molecular complexity index is 463. The lowest BCUT2D eigenvalue weighted by atomic mass is 9.58. The number of ether oxygens (including phenoxy) is 1. The van der Waals surface area contributed by atoms with Gasteiger partial charge in [0.2, 0.25) is 0 Å². The minimum Gasteiger partial charge on any atom is -0.381 e. The van der Waals surface area contributed by atoms with Gasteiger partial charge in [-0.15, -0.1) is 0 Å². The van der Waals surface area contributed by atoms with E-state index in [9.17, 15) is 4.39 Å². The van der Waals surface area contributed by atoms with Crippen molar-refractivity contribution in [3.8, 4) is 0 Å². The molecule has 0 amide bonds. The highest BCUT2D eigenvalue weighted by atomic mass is 19.1. The van der Waals surface area contributed by atoms with Crippen molar-refractivity contribution in [2.75, 3.05) is 13.8 Å². The Morgan fingerprint density at radius 3 is 2.03 bits per heavy atom. The van der Waals surface area contributed by atoms with Crippen LogP contribution >= 0.6 is 0 Å². The second-order valence-corrected chi connectivity index (χ2v) is 10.6. The van der Waals surface area contributed by atoms with E-state index in [0.717, 1.165) is 30.1 Å². The van der Waals surface area contributed by atoms with E-state index >= 15 is 0 Å². The Hall–Kier alpha value is -0.370. The zero-order valence-corrected chi connectivity index (χ0v) is 19.3. The van der Waals surface area contributed by atoms with Crippen LogP contribution in [0, 0.1) is 29.1 Å². The van der Waals surface area contributed by atoms with Gasteiger partial charge < -0.3 is 4.74 Å². The van der Waals surface area contributed by atoms with Crippen molar-refractivity contribution in [1.82, 2.24) is 0 Å². The van der Waals surface area contributed by atoms with E-state index in [4.69, 9.17) is 4.74 Å². The first kappa shape index (κ1) is 23.3. The molecule has 29 heavy (non-hydrogen) atoms. The molecule has 0 N–H and O–H groups in total. The monoisotopic (exact) mass is 406 g/mol. The van der Waals surface area contributed by atoms with E-state index in [-0.39, 0.29) is 6.67 Å². The SMILES string of the molecule is CC[C@]1([C@H]2CC[C@@H]([C@H]3CC[C@H](C/C=C/CCCF)CC3)CC2)CC[C@@H](OC)CC1. The predicted octanol–water partition coefficient (Wildman–Crippen LogP) is 8.28. The lowest BCUT2D eigenvalue weighted by Gasteiger charge is -2.48. The number of allylic oxidation sites excluding steroid dienone is 2. The summed E-state index contributed by atoms with van der Waals surface area (Å²) < 4.78 is 17.8. The van der Waals surface area contributed by atoms with Crippen LogP contribution in [0.1, 0.15) is 110 Å². The van der Waals surface area contributed by atoms with Crippen LogP contribution in [0.15, 0.2) is 12.2 Å². The zero-order chi connectivity index (χ0) is 20.5. The van der Waals surface area contributed by atoms with Gasteiger partial charge in [-0.1, -0.05) is 25.5 Å². The first-order valence-corrected chi connectivity index (χ1v) is 12.9. The minimum absolute atomic E-state index is 0.176. The van der Waals surface area contributed by atoms with Crippen molar-refractivity contribution in [2.45, 2.75) is 116 Å². The molecule has 3 fully saturated rings. The molecule has 0 aromatic heterocycles. The number of hydrogen-bond acceptors (Lipinski definition) is 1. The van der Waals surface area contributed by atoms with Gasteiger partial charge in [-0.2, -0.15) is 0 Å². The molecule has 0 spiro atoms. The average molecular weight is 407 g/mol. The topological polar surface area (TPSA) is 9.23 Å². The van der Waals surface area contributed by atoms with Crippen LogP contribution in [0.3, 0.4) is 0 Å². The Morgan fingerprint density at radius 2 is 1.48 bits per heavy atom. The van der Waals surface area contributed by atoms with Crippen molar-refractivity contribution >= 4 is 0 Å². The first-order chi connectivity index (χ1) is 14.2. The molecule has 3 rings (SSSR count). The van der Waals surface area contributed by atoms with E-state index in [0.29, 0.717) is 17.9 Å². The Kier molecular flexibility index (Phi) is 9.54. The minimum atomic E-state index is -0.176. The molecule has 0 unspecified atom stereocenters. The van der Waals surface area contributed by atoms with Crippen molar-refractivity contribution in [2.24, 2.45) is 29.1 Å². The van der Waals surface area contributed by atoms with Gasteiger partial charge >= 0.3 is 0 Å². The van der Waals surface area contributed by atoms with Crippen molar-refractivity contribution in [1.29, 1.82) is 0 Å². The number of methoxy groups -OCH3 is 1. The summed E-state index contributed by atoms with van der Waals surface area (Å²) in [6.45, 7) is 2.28. The van der Waals surface area contributed by atoms with Gasteiger partial charge in [-0.3, -0.25) is 4.39 Å². The fourth-order valence-corrected chi connectivity index (χ4v) is 7.15. The largest absolute Gasteiger partial charge is 0.381 e. The summed E-state index contributed by atoms with van der Waals surface area (Å²) in [4.78, 5) is 0. The van der Waals surface area contributed by atoms with E-state index in [1.807, 2.05) is 7.11 Å². The highest BCUT2D eigenvalue weighted by Gasteiger charge is 2.42. The van der Waals surface area contributed by atoms with E-state index < -0.39 is 0 Å². The summed E-state index contributed by atoms with van der Waals surface area (Å²) in [7, 11) is 1.90. The van der Waals surface area contributed by atoms with E-state index in [1.54, 1.807) is 0 Å². The fourth-order valence-electron chi connectivity index (χ4n) is 7.15. The molecule has 0 atom stereocenters. The lowest BCUT2D eigenvalue weighted by Crippen LogP contribution is -2.39. The summed E-state index contributed by atoms with van der Waals surface area (Å²) in [6.07, 6.45) is 26.4. The molecule has 0 aliphatic heterocycles. The molecular formula is C27H47FO. The van der Waals surface area contributed by atoms with Crippen LogP contribution in [-0.2, 0) is 4.74 Å². The van der Waals surface area contributed by atoms with Crippen molar-refractivity contribution < 1.29 is 9.13 Å². The number of alkyl halides is 1. The maximum absolute atomic E-state index is 12.2. The van der Waals surface area contributed by atoms with Gasteiger partial charge in [0.25, 0.3) is 0 Å². The van der Waals surface area contributed by atoms with Crippen LogP contribution < -0.4 is 0 Å². The molecule has 0 aromatic carbocycles. The molecule has 168 valence electrons. The summed E-state index contributed by atoms with van der Waals surface area (Å²) in [5.41, 5.74) is 0.631. The molecule has 0 bridgehead atoms. The summed E-state index contributed by atoms with van der Waals surface area (Å²) in [5.74, 6) is 3.89. The third kappa shape index (κ3) is 6.31. The van der Waals surface area contributed by atoms with Crippen LogP contribution in [-0.4, -0.2) is 19.9 Å². The molecule has 0 saturated heterocycles. The molecule has 3 aliphatic rings. The lowest BCUT2D eigenvalue weighted by molar-refractivity contribution is -0.0193. The number of unbranched alkanes of at least 4 members (excludes halogenated alkanes) is 1. The van der Waals surface area contributed by atoms with Crippen LogP contribution in [0.5, 0.6) is 0 Å². The summed E-state index contributed by atoms with van der Waals surface area (Å²) in [5, 5.41) is 0. The molecule has 0 heterocycles. The Morgan fingerprint density at radius 1 is 0.862 bits per heavy atom. The number of halogens is 1. The Labute approximate surface area is 180 Å². The predicted molar refractivity (Wildman–Crippen MR) is 122 cm³/mol. The third-order valence-corrected chi connectivity index (χ3v) is 9.30. The molecule has 3 saturated carbocycles. The second-order valence-electron chi connectivity index (χ2n) is 10.6. The van der Waals surface area contributed by atoms with Gasteiger partial charge in [0.1, 0.15) is 0 Å². The quantitative estimate of drug-likeness (QED) is 0.276. The highest BCUT2D eigenvalue weighted by molar-refractivity contribution is 4.94. The summed E-state index contributed by atoms with van der Waals surface area (Å²) in [6, 6.07) is 0. The van der Waals surface area contributed by atoms with Crippen molar-refractivity contribution in [3.63, 3.8) is 0 Å². The molecular weight excluding hydrogens is 359 g/mol. The molecule has 0 aromatic rings. The highest BCUT2D eigenvalue weighted by Crippen LogP contribution is 2.53. The standard InChI is InChI=1S/C27H47FO/c1-3-27(19-17-26(29-2)18-20-27)25-15-13-24(14-16-25)23-11-9-22(10-12-23)8-6-4-5-7-21-28/h4,6,22-26H,3,5,7-21H2,1-2H3/b6-4+/t22-,23-,24-,25+,26-,27+.